The van der Waals surface area contributed by atoms with Crippen molar-refractivity contribution in [3.8, 4) is 0 Å². The molecule has 58 valence electrons. The highest BCUT2D eigenvalue weighted by Crippen LogP contribution is 2.19. The number of hydrogen-bond acceptors (Lipinski definition) is 2. The first-order chi connectivity index (χ1) is 4.58. The van der Waals surface area contributed by atoms with Gasteiger partial charge in [-0.1, -0.05) is 6.08 Å². The molecule has 1 atom stereocenters. The van der Waals surface area contributed by atoms with Gasteiger partial charge in [0.05, 0.1) is 0 Å². The molecule has 1 heterocycles. The van der Waals surface area contributed by atoms with Crippen molar-refractivity contribution in [1.29, 1.82) is 0 Å². The first-order valence-electron chi connectivity index (χ1n) is 2.72. The Morgan fingerprint density at radius 3 is 2.60 bits per heavy atom. The van der Waals surface area contributed by atoms with E-state index in [0.717, 1.165) is 0 Å². The second-order valence-electron chi connectivity index (χ2n) is 1.82. The summed E-state index contributed by atoms with van der Waals surface area (Å²) in [5.41, 5.74) is 0. The minimum absolute atomic E-state index is 0.431. The molecule has 0 radical (unpaired) electrons. The lowest BCUT2D eigenvalue weighted by Crippen LogP contribution is -2.31. The maximum atomic E-state index is 11.4. The molecule has 1 rings (SSSR count). The molecule has 0 spiro atoms. The SMILES string of the molecule is FC(F)(F)OC1C=CCN1. The third kappa shape index (κ3) is 2.36. The van der Waals surface area contributed by atoms with Crippen LogP contribution in [0, 0.1) is 0 Å². The Balaban J connectivity index is 2.31. The Morgan fingerprint density at radius 2 is 2.20 bits per heavy atom. The molecule has 0 aliphatic carbocycles. The molecule has 0 aromatic rings. The number of hydrogen-bond donors (Lipinski definition) is 1. The fourth-order valence-corrected chi connectivity index (χ4v) is 0.669. The Kier molecular flexibility index (Phi) is 1.96. The van der Waals surface area contributed by atoms with Gasteiger partial charge in [0.15, 0.2) is 0 Å². The topological polar surface area (TPSA) is 21.3 Å². The minimum atomic E-state index is -4.55. The average molecular weight is 153 g/mol. The van der Waals surface area contributed by atoms with Gasteiger partial charge in [-0.15, -0.1) is 13.2 Å². The molecule has 0 bridgehead atoms. The van der Waals surface area contributed by atoms with Crippen molar-refractivity contribution in [2.75, 3.05) is 6.54 Å². The Bertz CT molecular complexity index is 142. The van der Waals surface area contributed by atoms with Gasteiger partial charge in [0.25, 0.3) is 0 Å². The van der Waals surface area contributed by atoms with Crippen molar-refractivity contribution in [3.63, 3.8) is 0 Å². The Morgan fingerprint density at radius 1 is 1.50 bits per heavy atom. The largest absolute Gasteiger partial charge is 0.524 e. The number of alkyl halides is 3. The fourth-order valence-electron chi connectivity index (χ4n) is 0.669. The third-order valence-corrected chi connectivity index (χ3v) is 1.01. The normalized spacial score (nSPS) is 25.7. The quantitative estimate of drug-likeness (QED) is 0.567. The van der Waals surface area contributed by atoms with Crippen molar-refractivity contribution >= 4 is 0 Å². The summed E-state index contributed by atoms with van der Waals surface area (Å²) in [6, 6.07) is 0. The van der Waals surface area contributed by atoms with Crippen LogP contribution in [0.2, 0.25) is 0 Å². The fraction of sp³-hybridized carbons (Fsp3) is 0.600. The van der Waals surface area contributed by atoms with Crippen LogP contribution in [0.4, 0.5) is 13.2 Å². The van der Waals surface area contributed by atoms with Crippen LogP contribution in [0.25, 0.3) is 0 Å². The van der Waals surface area contributed by atoms with Crippen molar-refractivity contribution in [1.82, 2.24) is 5.32 Å². The summed E-state index contributed by atoms with van der Waals surface area (Å²) < 4.78 is 37.8. The van der Waals surface area contributed by atoms with Gasteiger partial charge in [-0.05, 0) is 6.08 Å². The van der Waals surface area contributed by atoms with Gasteiger partial charge < -0.3 is 0 Å². The van der Waals surface area contributed by atoms with E-state index in [1.165, 1.54) is 6.08 Å². The highest BCUT2D eigenvalue weighted by Gasteiger charge is 2.33. The molecule has 0 saturated carbocycles. The van der Waals surface area contributed by atoms with Crippen molar-refractivity contribution in [2.45, 2.75) is 12.6 Å². The predicted molar refractivity (Wildman–Crippen MR) is 28.1 cm³/mol. The zero-order valence-electron chi connectivity index (χ0n) is 4.98. The van der Waals surface area contributed by atoms with Crippen molar-refractivity contribution in [3.05, 3.63) is 12.2 Å². The lowest BCUT2D eigenvalue weighted by molar-refractivity contribution is -0.338. The molecule has 0 aromatic carbocycles. The average Bonchev–Trinajstić information content (AvgIpc) is 2.12. The second-order valence-corrected chi connectivity index (χ2v) is 1.82. The van der Waals surface area contributed by atoms with Crippen LogP contribution in [0.15, 0.2) is 12.2 Å². The van der Waals surface area contributed by atoms with Crippen molar-refractivity contribution in [2.24, 2.45) is 0 Å². The van der Waals surface area contributed by atoms with Crippen LogP contribution in [-0.2, 0) is 4.74 Å². The zero-order chi connectivity index (χ0) is 7.61. The van der Waals surface area contributed by atoms with Gasteiger partial charge in [0.2, 0.25) is 0 Å². The lowest BCUT2D eigenvalue weighted by atomic mass is 10.5. The standard InChI is InChI=1S/C5H6F3NO/c6-5(7,8)10-4-2-1-3-9-4/h1-2,4,9H,3H2. The summed E-state index contributed by atoms with van der Waals surface area (Å²) in [7, 11) is 0. The van der Waals surface area contributed by atoms with E-state index in [-0.39, 0.29) is 0 Å². The van der Waals surface area contributed by atoms with Crippen molar-refractivity contribution < 1.29 is 17.9 Å². The van der Waals surface area contributed by atoms with Gasteiger partial charge in [-0.25, -0.2) is 0 Å². The Hall–Kier alpha value is -0.550. The molecule has 0 aromatic heterocycles. The predicted octanol–water partition coefficient (Wildman–Crippen LogP) is 1.01. The maximum Gasteiger partial charge on any atom is 0.524 e. The van der Waals surface area contributed by atoms with Crippen LogP contribution in [-0.4, -0.2) is 19.1 Å². The number of rotatable bonds is 1. The molecular formula is C5H6F3NO. The van der Waals surface area contributed by atoms with E-state index in [1.54, 1.807) is 6.08 Å². The number of halogens is 3. The van der Waals surface area contributed by atoms with Gasteiger partial charge in [0.1, 0.15) is 6.23 Å². The summed E-state index contributed by atoms with van der Waals surface area (Å²) in [6.07, 6.45) is -2.64. The smallest absolute Gasteiger partial charge is 0.285 e. The van der Waals surface area contributed by atoms with Crippen LogP contribution < -0.4 is 5.32 Å². The molecule has 10 heavy (non-hydrogen) atoms. The highest BCUT2D eigenvalue weighted by molar-refractivity contribution is 4.97. The molecule has 1 unspecified atom stereocenters. The molecule has 1 aliphatic heterocycles. The lowest BCUT2D eigenvalue weighted by Gasteiger charge is -2.12. The number of ether oxygens (including phenoxy) is 1. The van der Waals surface area contributed by atoms with E-state index < -0.39 is 12.6 Å². The minimum Gasteiger partial charge on any atom is -0.285 e. The second kappa shape index (κ2) is 2.59. The van der Waals surface area contributed by atoms with E-state index in [9.17, 15) is 13.2 Å². The van der Waals surface area contributed by atoms with Crippen LogP contribution in [0.3, 0.4) is 0 Å². The monoisotopic (exact) mass is 153 g/mol. The molecule has 1 N–H and O–H groups in total. The first-order valence-corrected chi connectivity index (χ1v) is 2.72. The van der Waals surface area contributed by atoms with E-state index in [2.05, 4.69) is 10.1 Å². The van der Waals surface area contributed by atoms with E-state index in [1.807, 2.05) is 0 Å². The van der Waals surface area contributed by atoms with E-state index >= 15 is 0 Å². The zero-order valence-corrected chi connectivity index (χ0v) is 4.98. The van der Waals surface area contributed by atoms with Gasteiger partial charge in [-0.3, -0.25) is 10.1 Å². The van der Waals surface area contributed by atoms with Crippen LogP contribution in [0.5, 0.6) is 0 Å². The van der Waals surface area contributed by atoms with Gasteiger partial charge in [-0.2, -0.15) is 0 Å². The van der Waals surface area contributed by atoms with Crippen LogP contribution in [0.1, 0.15) is 0 Å². The van der Waals surface area contributed by atoms with E-state index in [0.29, 0.717) is 6.54 Å². The van der Waals surface area contributed by atoms with Gasteiger partial charge >= 0.3 is 6.36 Å². The molecular weight excluding hydrogens is 147 g/mol. The van der Waals surface area contributed by atoms with Crippen LogP contribution >= 0.6 is 0 Å². The molecule has 0 fully saturated rings. The van der Waals surface area contributed by atoms with Gasteiger partial charge in [0, 0.05) is 6.54 Å². The molecule has 5 heteroatoms. The summed E-state index contributed by atoms with van der Waals surface area (Å²) in [5.74, 6) is 0. The number of nitrogens with one attached hydrogen (secondary N) is 1. The third-order valence-electron chi connectivity index (χ3n) is 1.01. The summed E-state index contributed by atoms with van der Waals surface area (Å²) in [6.45, 7) is 0.431. The highest BCUT2D eigenvalue weighted by atomic mass is 19.4. The Labute approximate surface area is 55.7 Å². The molecule has 0 saturated heterocycles. The molecule has 1 aliphatic rings. The van der Waals surface area contributed by atoms with E-state index in [4.69, 9.17) is 0 Å². The molecule has 0 amide bonds. The summed E-state index contributed by atoms with van der Waals surface area (Å²) in [4.78, 5) is 0. The summed E-state index contributed by atoms with van der Waals surface area (Å²) >= 11 is 0. The first kappa shape index (κ1) is 7.56. The molecule has 2 nitrogen and oxygen atoms in total. The summed E-state index contributed by atoms with van der Waals surface area (Å²) in [5, 5.41) is 2.46. The maximum absolute atomic E-state index is 11.4.